The van der Waals surface area contributed by atoms with Crippen molar-refractivity contribution in [2.75, 3.05) is 11.0 Å². The minimum Gasteiger partial charge on any atom is -0.211 e. The van der Waals surface area contributed by atoms with Gasteiger partial charge in [-0.25, -0.2) is 9.79 Å². The second-order valence-corrected chi connectivity index (χ2v) is 2.09. The smallest absolute Gasteiger partial charge is 0.211 e. The van der Waals surface area contributed by atoms with Gasteiger partial charge < -0.3 is 0 Å². The first-order valence-electron chi connectivity index (χ1n) is 2.01. The summed E-state index contributed by atoms with van der Waals surface area (Å²) in [7, 11) is 0. The summed E-state index contributed by atoms with van der Waals surface area (Å²) in [5, 5.41) is 0. The molecule has 0 rings (SSSR count). The Kier molecular flexibility index (Phi) is 6.21. The number of alkyl halides is 1. The van der Waals surface area contributed by atoms with Gasteiger partial charge >= 0.3 is 0 Å². The normalized spacial score (nSPS) is 7.57. The zero-order valence-electron chi connectivity index (χ0n) is 3.85. The first-order chi connectivity index (χ1) is 3.41. The molecular weight excluding hydrogens is 205 g/mol. The lowest BCUT2D eigenvalue weighted by Crippen LogP contribution is -1.77. The molecule has 0 atom stereocenters. The minimum atomic E-state index is 0.631. The summed E-state index contributed by atoms with van der Waals surface area (Å²) in [6.07, 6.45) is 2.46. The number of aliphatic imine (C=N–C) groups is 1. The van der Waals surface area contributed by atoms with E-state index in [2.05, 4.69) is 27.6 Å². The maximum Gasteiger partial charge on any atom is 0.234 e. The second-order valence-electron chi connectivity index (χ2n) is 1.02. The van der Waals surface area contributed by atoms with Gasteiger partial charge in [-0.15, -0.1) is 0 Å². The van der Waals surface area contributed by atoms with Crippen LogP contribution in [0.3, 0.4) is 0 Å². The van der Waals surface area contributed by atoms with Gasteiger partial charge in [0, 0.05) is 4.43 Å². The Hall–Kier alpha value is 0.110. The van der Waals surface area contributed by atoms with Crippen LogP contribution in [0.4, 0.5) is 0 Å². The van der Waals surface area contributed by atoms with E-state index >= 15 is 0 Å². The van der Waals surface area contributed by atoms with E-state index in [1.54, 1.807) is 0 Å². The Morgan fingerprint density at radius 2 is 2.43 bits per heavy atom. The van der Waals surface area contributed by atoms with Crippen molar-refractivity contribution < 1.29 is 4.79 Å². The molecule has 0 amide bonds. The number of hydrogen-bond acceptors (Lipinski definition) is 2. The van der Waals surface area contributed by atoms with Crippen LogP contribution in [0.1, 0.15) is 6.42 Å². The summed E-state index contributed by atoms with van der Waals surface area (Å²) in [4.78, 5) is 12.7. The third-order valence-electron chi connectivity index (χ3n) is 0.468. The lowest BCUT2D eigenvalue weighted by molar-refractivity contribution is 0.563. The summed E-state index contributed by atoms with van der Waals surface area (Å²) in [5.41, 5.74) is 0. The molecule has 0 spiro atoms. The van der Waals surface area contributed by atoms with Crippen LogP contribution in [-0.4, -0.2) is 17.1 Å². The molecule has 0 N–H and O–H groups in total. The average molecular weight is 211 g/mol. The monoisotopic (exact) mass is 211 g/mol. The van der Waals surface area contributed by atoms with Crippen LogP contribution < -0.4 is 0 Å². The molecule has 0 aliphatic heterocycles. The SMILES string of the molecule is O=C=NCCCI. The molecule has 40 valence electrons. The van der Waals surface area contributed by atoms with Crippen LogP contribution in [-0.2, 0) is 4.79 Å². The molecule has 0 saturated carbocycles. The molecule has 0 bridgehead atoms. The lowest BCUT2D eigenvalue weighted by atomic mass is 10.5. The number of rotatable bonds is 3. The summed E-state index contributed by atoms with van der Waals surface area (Å²) in [6, 6.07) is 0. The van der Waals surface area contributed by atoms with Crippen LogP contribution in [0.15, 0.2) is 4.99 Å². The van der Waals surface area contributed by atoms with Crippen LogP contribution >= 0.6 is 22.6 Å². The summed E-state index contributed by atoms with van der Waals surface area (Å²) in [6.45, 7) is 0.631. The van der Waals surface area contributed by atoms with Crippen molar-refractivity contribution in [3.05, 3.63) is 0 Å². The molecule has 0 heterocycles. The van der Waals surface area contributed by atoms with Gasteiger partial charge in [-0.3, -0.25) is 0 Å². The van der Waals surface area contributed by atoms with Crippen LogP contribution in [0.2, 0.25) is 0 Å². The van der Waals surface area contributed by atoms with Crippen molar-refractivity contribution in [1.82, 2.24) is 0 Å². The van der Waals surface area contributed by atoms with E-state index in [4.69, 9.17) is 0 Å². The fraction of sp³-hybridized carbons (Fsp3) is 0.750. The van der Waals surface area contributed by atoms with Crippen LogP contribution in [0.5, 0.6) is 0 Å². The van der Waals surface area contributed by atoms with Crippen LogP contribution in [0.25, 0.3) is 0 Å². The number of halogens is 1. The largest absolute Gasteiger partial charge is 0.234 e. The third-order valence-corrected chi connectivity index (χ3v) is 1.23. The van der Waals surface area contributed by atoms with Gasteiger partial charge in [0.15, 0.2) is 0 Å². The topological polar surface area (TPSA) is 29.4 Å². The molecule has 0 fully saturated rings. The molecule has 0 radical (unpaired) electrons. The first-order valence-corrected chi connectivity index (χ1v) is 3.54. The fourth-order valence-electron chi connectivity index (χ4n) is 0.184. The van der Waals surface area contributed by atoms with E-state index in [1.807, 2.05) is 0 Å². The standard InChI is InChI=1S/C4H6INO/c5-2-1-3-6-4-7/h1-3H2. The molecule has 7 heavy (non-hydrogen) atoms. The Balaban J connectivity index is 2.83. The Morgan fingerprint density at radius 3 is 2.86 bits per heavy atom. The van der Waals surface area contributed by atoms with E-state index in [-0.39, 0.29) is 0 Å². The van der Waals surface area contributed by atoms with Gasteiger partial charge in [0.1, 0.15) is 0 Å². The van der Waals surface area contributed by atoms with Crippen molar-refractivity contribution >= 4 is 28.7 Å². The van der Waals surface area contributed by atoms with Gasteiger partial charge in [-0.1, -0.05) is 22.6 Å². The van der Waals surface area contributed by atoms with Crippen LogP contribution in [0, 0.1) is 0 Å². The molecule has 0 unspecified atom stereocenters. The van der Waals surface area contributed by atoms with Gasteiger partial charge in [-0.2, -0.15) is 0 Å². The predicted molar refractivity (Wildman–Crippen MR) is 36.5 cm³/mol. The average Bonchev–Trinajstić information content (AvgIpc) is 1.69. The molecule has 0 aliphatic rings. The second kappa shape index (κ2) is 6.11. The molecule has 2 nitrogen and oxygen atoms in total. The quantitative estimate of drug-likeness (QED) is 0.226. The molecule has 0 aromatic carbocycles. The zero-order chi connectivity index (χ0) is 5.54. The van der Waals surface area contributed by atoms with E-state index in [0.29, 0.717) is 6.54 Å². The fourth-order valence-corrected chi connectivity index (χ4v) is 0.526. The number of isocyanates is 1. The maximum atomic E-state index is 9.39. The lowest BCUT2D eigenvalue weighted by Gasteiger charge is -1.79. The van der Waals surface area contributed by atoms with E-state index < -0.39 is 0 Å². The van der Waals surface area contributed by atoms with Gasteiger partial charge in [0.2, 0.25) is 6.08 Å². The minimum absolute atomic E-state index is 0.631. The third kappa shape index (κ3) is 6.11. The number of nitrogens with zero attached hydrogens (tertiary/aromatic N) is 1. The van der Waals surface area contributed by atoms with Crippen molar-refractivity contribution in [1.29, 1.82) is 0 Å². The van der Waals surface area contributed by atoms with E-state index in [1.165, 1.54) is 6.08 Å². The van der Waals surface area contributed by atoms with Gasteiger partial charge in [0.05, 0.1) is 6.54 Å². The van der Waals surface area contributed by atoms with Gasteiger partial charge in [0.25, 0.3) is 0 Å². The van der Waals surface area contributed by atoms with Crippen molar-refractivity contribution in [2.24, 2.45) is 4.99 Å². The van der Waals surface area contributed by atoms with E-state index in [9.17, 15) is 4.79 Å². The molecule has 0 saturated heterocycles. The van der Waals surface area contributed by atoms with Crippen molar-refractivity contribution in [3.63, 3.8) is 0 Å². The summed E-state index contributed by atoms with van der Waals surface area (Å²) in [5.74, 6) is 0. The summed E-state index contributed by atoms with van der Waals surface area (Å²) >= 11 is 2.24. The van der Waals surface area contributed by atoms with E-state index in [0.717, 1.165) is 10.8 Å². The molecule has 0 aliphatic carbocycles. The predicted octanol–water partition coefficient (Wildman–Crippen LogP) is 1.15. The maximum absolute atomic E-state index is 9.39. The first kappa shape index (κ1) is 7.11. The number of carbonyl (C=O) groups excluding carboxylic acids is 1. The highest BCUT2D eigenvalue weighted by Gasteiger charge is 1.75. The summed E-state index contributed by atoms with van der Waals surface area (Å²) < 4.78 is 1.06. The molecular formula is C4H6INO. The van der Waals surface area contributed by atoms with Crippen molar-refractivity contribution in [3.8, 4) is 0 Å². The number of hydrogen-bond donors (Lipinski definition) is 0. The Labute approximate surface area is 56.2 Å². The highest BCUT2D eigenvalue weighted by Crippen LogP contribution is 1.86. The van der Waals surface area contributed by atoms with Gasteiger partial charge in [-0.05, 0) is 6.42 Å². The highest BCUT2D eigenvalue weighted by atomic mass is 127. The highest BCUT2D eigenvalue weighted by molar-refractivity contribution is 14.1. The Morgan fingerprint density at radius 1 is 1.71 bits per heavy atom. The molecule has 0 aromatic heterocycles. The molecule has 3 heteroatoms. The van der Waals surface area contributed by atoms with Crippen molar-refractivity contribution in [2.45, 2.75) is 6.42 Å². The molecule has 0 aromatic rings. The zero-order valence-corrected chi connectivity index (χ0v) is 6.01. The Bertz CT molecular complexity index is 77.8.